The lowest BCUT2D eigenvalue weighted by Crippen LogP contribution is -2.35. The highest BCUT2D eigenvalue weighted by Gasteiger charge is 2.31. The molecule has 222 valence electrons. The van der Waals surface area contributed by atoms with Gasteiger partial charge in [-0.05, 0) is 72.5 Å². The Morgan fingerprint density at radius 1 is 0.930 bits per heavy atom. The first-order valence-corrected chi connectivity index (χ1v) is 16.5. The zero-order valence-corrected chi connectivity index (χ0v) is 28.5. The van der Waals surface area contributed by atoms with E-state index in [2.05, 4.69) is 105 Å². The molecule has 0 amide bonds. The van der Waals surface area contributed by atoms with Gasteiger partial charge in [0.2, 0.25) is 0 Å². The summed E-state index contributed by atoms with van der Waals surface area (Å²) in [6, 6.07) is 8.88. The molecule has 2 aromatic carbocycles. The third-order valence-corrected chi connectivity index (χ3v) is 9.70. The van der Waals surface area contributed by atoms with E-state index in [1.807, 2.05) is 18.3 Å². The number of aryl methyl sites for hydroxylation is 1. The van der Waals surface area contributed by atoms with Crippen LogP contribution in [0.1, 0.15) is 36.0 Å². The molecule has 0 N–H and O–H groups in total. The summed E-state index contributed by atoms with van der Waals surface area (Å²) in [7, 11) is 3.84. The zero-order chi connectivity index (χ0) is 30.2. The monoisotopic (exact) mass is 704 g/mol. The number of halogens is 1. The highest BCUT2D eigenvalue weighted by atomic mass is 127. The molecule has 7 nitrogen and oxygen atoms in total. The van der Waals surface area contributed by atoms with Crippen LogP contribution >= 0.6 is 22.6 Å². The highest BCUT2D eigenvalue weighted by molar-refractivity contribution is 14.1. The Balaban J connectivity index is 1.01. The standard InChI is InChI=1S/C34H38IN4O3.Al/c1-22-14-29-24(3)38-11-9-10-26(38)21-37(4)31(29)18-32(22)41-12-7-6-8-13-42-34-17-30-28(16-33(34)40-5)23(2)39-20-25(35)15-27(39)19-36-30;/h10,14-19,26-27H,2-3,6-8,11-13,20-21H2,1,4-5H3;/t26-,27-;/m0./s1. The summed E-state index contributed by atoms with van der Waals surface area (Å²) in [4.78, 5) is 11.8. The van der Waals surface area contributed by atoms with Gasteiger partial charge in [0.25, 0.3) is 0 Å². The lowest BCUT2D eigenvalue weighted by Gasteiger charge is -2.27. The fraction of sp³-hybridized carbons (Fsp3) is 0.382. The van der Waals surface area contributed by atoms with Crippen molar-refractivity contribution in [1.82, 2.24) is 9.80 Å². The molecule has 6 rings (SSSR count). The number of benzene rings is 2. The van der Waals surface area contributed by atoms with Gasteiger partial charge in [0, 0.05) is 76.8 Å². The second-order valence-corrected chi connectivity index (χ2v) is 13.8. The minimum atomic E-state index is 0.137. The van der Waals surface area contributed by atoms with E-state index in [0.717, 1.165) is 72.9 Å². The van der Waals surface area contributed by atoms with Crippen LogP contribution in [0.15, 0.2) is 62.6 Å². The van der Waals surface area contributed by atoms with E-state index >= 15 is 0 Å². The second kappa shape index (κ2) is 12.6. The third kappa shape index (κ3) is 6.09. The molecule has 4 heterocycles. The molecule has 2 aromatic rings. The van der Waals surface area contributed by atoms with E-state index in [4.69, 9.17) is 19.2 Å². The Hall–Kier alpha value is -2.87. The number of hydrogen-bond donors (Lipinski definition) is 0. The van der Waals surface area contributed by atoms with Crippen LogP contribution in [0.5, 0.6) is 17.2 Å². The quantitative estimate of drug-likeness (QED) is 0.169. The average molecular weight is 705 g/mol. The summed E-state index contributed by atoms with van der Waals surface area (Å²) < 4.78 is 20.8. The van der Waals surface area contributed by atoms with Crippen molar-refractivity contribution in [3.8, 4) is 17.2 Å². The SMILES string of the molecule is C=C1c2cc(OC)c(OCCCCCOc3cc4c(cc3C)C(=C)N3C[C]([Al])=C[C@H]3CN4C)cc2N=C[C@@H]2C=C(I)CN12. The smallest absolute Gasteiger partial charge is 0.170 e. The maximum atomic E-state index is 6.28. The predicted octanol–water partition coefficient (Wildman–Crippen LogP) is 6.48. The molecule has 9 heteroatoms. The number of unbranched alkanes of at least 4 members (excludes halogenated alkanes) is 2. The molecular formula is C34H38AlIN4O3. The maximum Gasteiger partial charge on any atom is 0.170 e. The Labute approximate surface area is 277 Å². The van der Waals surface area contributed by atoms with E-state index in [9.17, 15) is 0 Å². The third-order valence-electron chi connectivity index (χ3n) is 8.63. The molecule has 0 fully saturated rings. The minimum absolute atomic E-state index is 0.137. The molecular weight excluding hydrogens is 666 g/mol. The van der Waals surface area contributed by atoms with Gasteiger partial charge in [-0.15, -0.1) is 4.44 Å². The first-order chi connectivity index (χ1) is 20.7. The van der Waals surface area contributed by atoms with Crippen LogP contribution in [0.4, 0.5) is 11.4 Å². The van der Waals surface area contributed by atoms with Gasteiger partial charge >= 0.3 is 0 Å². The van der Waals surface area contributed by atoms with Crippen molar-refractivity contribution in [3.05, 3.63) is 74.3 Å². The highest BCUT2D eigenvalue weighted by Crippen LogP contribution is 2.42. The summed E-state index contributed by atoms with van der Waals surface area (Å²) in [6.45, 7) is 14.9. The number of likely N-dealkylation sites (N-methyl/N-ethyl adjacent to an activating group) is 1. The van der Waals surface area contributed by atoms with Gasteiger partial charge in [0.15, 0.2) is 27.8 Å². The molecule has 0 spiro atoms. The summed E-state index contributed by atoms with van der Waals surface area (Å²) in [5, 5.41) is 0. The van der Waals surface area contributed by atoms with E-state index in [1.165, 1.54) is 19.3 Å². The normalized spacial score (nSPS) is 20.5. The van der Waals surface area contributed by atoms with E-state index in [1.54, 1.807) is 7.11 Å². The fourth-order valence-corrected chi connectivity index (χ4v) is 7.43. The molecule has 43 heavy (non-hydrogen) atoms. The summed E-state index contributed by atoms with van der Waals surface area (Å²) in [5.74, 6) is 2.36. The second-order valence-electron chi connectivity index (χ2n) is 11.6. The Kier molecular flexibility index (Phi) is 8.86. The first kappa shape index (κ1) is 30.2. The summed E-state index contributed by atoms with van der Waals surface area (Å²) in [6.07, 6.45) is 9.43. The van der Waals surface area contributed by atoms with Crippen molar-refractivity contribution in [2.45, 2.75) is 38.3 Å². The molecule has 4 aliphatic rings. The molecule has 0 aromatic heterocycles. The molecule has 4 aliphatic heterocycles. The number of anilines is 1. The number of rotatable bonds is 9. The number of ether oxygens (including phenoxy) is 3. The maximum absolute atomic E-state index is 6.28. The van der Waals surface area contributed by atoms with E-state index in [-0.39, 0.29) is 6.04 Å². The summed E-state index contributed by atoms with van der Waals surface area (Å²) in [5.41, 5.74) is 7.40. The Morgan fingerprint density at radius 2 is 1.67 bits per heavy atom. The topological polar surface area (TPSA) is 49.8 Å². The van der Waals surface area contributed by atoms with Crippen LogP contribution in [0.3, 0.4) is 0 Å². The molecule has 2 atom stereocenters. The first-order valence-electron chi connectivity index (χ1n) is 14.8. The fourth-order valence-electron chi connectivity index (χ4n) is 6.28. The van der Waals surface area contributed by atoms with Crippen molar-refractivity contribution in [2.75, 3.05) is 51.9 Å². The van der Waals surface area contributed by atoms with E-state index < -0.39 is 0 Å². The Morgan fingerprint density at radius 3 is 2.44 bits per heavy atom. The van der Waals surface area contributed by atoms with Crippen molar-refractivity contribution < 1.29 is 14.2 Å². The summed E-state index contributed by atoms with van der Waals surface area (Å²) >= 11 is 5.24. The van der Waals surface area contributed by atoms with Crippen LogP contribution < -0.4 is 19.1 Å². The number of fused-ring (bicyclic) bond motifs is 4. The van der Waals surface area contributed by atoms with Gasteiger partial charge in [-0.3, -0.25) is 4.99 Å². The van der Waals surface area contributed by atoms with Gasteiger partial charge in [-0.1, -0.05) is 19.2 Å². The van der Waals surface area contributed by atoms with Gasteiger partial charge < -0.3 is 28.9 Å². The van der Waals surface area contributed by atoms with Crippen LogP contribution in [0.25, 0.3) is 11.4 Å². The van der Waals surface area contributed by atoms with Crippen LogP contribution in [-0.4, -0.2) is 91.4 Å². The van der Waals surface area contributed by atoms with Crippen molar-refractivity contribution in [1.29, 1.82) is 0 Å². The van der Waals surface area contributed by atoms with E-state index in [0.29, 0.717) is 30.8 Å². The van der Waals surface area contributed by atoms with Gasteiger partial charge in [-0.2, -0.15) is 0 Å². The number of hydrogen-bond acceptors (Lipinski definition) is 7. The van der Waals surface area contributed by atoms with Crippen LogP contribution in [-0.2, 0) is 0 Å². The van der Waals surface area contributed by atoms with Crippen LogP contribution in [0.2, 0.25) is 0 Å². The zero-order valence-electron chi connectivity index (χ0n) is 25.2. The van der Waals surface area contributed by atoms with Crippen molar-refractivity contribution in [2.24, 2.45) is 4.99 Å². The average Bonchev–Trinajstić information content (AvgIpc) is 3.50. The predicted molar refractivity (Wildman–Crippen MR) is 185 cm³/mol. The van der Waals surface area contributed by atoms with Crippen molar-refractivity contribution in [3.63, 3.8) is 0 Å². The van der Waals surface area contributed by atoms with Gasteiger partial charge in [0.05, 0.1) is 38.1 Å². The molecule has 0 saturated carbocycles. The molecule has 0 bridgehead atoms. The number of nitrogens with zero attached hydrogens (tertiary/aromatic N) is 4. The number of aliphatic imine (C=N–C) groups is 1. The van der Waals surface area contributed by atoms with Crippen LogP contribution in [0, 0.1) is 6.92 Å². The number of methoxy groups -OCH3 is 1. The molecule has 2 radical (unpaired) electrons. The van der Waals surface area contributed by atoms with Gasteiger partial charge in [0.1, 0.15) is 5.75 Å². The lowest BCUT2D eigenvalue weighted by atomic mass is 10.0. The largest absolute Gasteiger partial charge is 0.493 e. The lowest BCUT2D eigenvalue weighted by molar-refractivity contribution is 0.269. The van der Waals surface area contributed by atoms with Gasteiger partial charge in [-0.25, -0.2) is 0 Å². The molecule has 0 unspecified atom stereocenters. The molecule has 0 aliphatic carbocycles. The molecule has 0 saturated heterocycles. The minimum Gasteiger partial charge on any atom is -0.493 e. The van der Waals surface area contributed by atoms with Crippen molar-refractivity contribution >= 4 is 67.9 Å². The Bertz CT molecular complexity index is 1550.